The van der Waals surface area contributed by atoms with Crippen LogP contribution in [0.3, 0.4) is 0 Å². The van der Waals surface area contributed by atoms with E-state index >= 15 is 0 Å². The summed E-state index contributed by atoms with van der Waals surface area (Å²) in [4.78, 5) is 26.1. The number of esters is 1. The Hall–Kier alpha value is -2.88. The van der Waals surface area contributed by atoms with E-state index in [9.17, 15) is 9.59 Å². The Morgan fingerprint density at radius 3 is 2.76 bits per heavy atom. The Kier molecular flexibility index (Phi) is 5.52. The lowest BCUT2D eigenvalue weighted by Gasteiger charge is -2.34. The second-order valence-corrected chi connectivity index (χ2v) is 7.82. The van der Waals surface area contributed by atoms with Crippen molar-refractivity contribution >= 4 is 22.5 Å². The van der Waals surface area contributed by atoms with Gasteiger partial charge in [-0.3, -0.25) is 4.79 Å². The molecule has 4 heteroatoms. The fourth-order valence-electron chi connectivity index (χ4n) is 4.45. The molecule has 0 fully saturated rings. The van der Waals surface area contributed by atoms with Crippen LogP contribution in [0.5, 0.6) is 0 Å². The van der Waals surface area contributed by atoms with Gasteiger partial charge in [0, 0.05) is 29.3 Å². The normalized spacial score (nSPS) is 19.2. The van der Waals surface area contributed by atoms with E-state index in [1.54, 1.807) is 0 Å². The highest BCUT2D eigenvalue weighted by atomic mass is 16.5. The molecule has 0 saturated carbocycles. The van der Waals surface area contributed by atoms with Gasteiger partial charge in [0.15, 0.2) is 5.78 Å². The van der Waals surface area contributed by atoms with Crippen LogP contribution in [0, 0.1) is 0 Å². The Morgan fingerprint density at radius 1 is 1.14 bits per heavy atom. The summed E-state index contributed by atoms with van der Waals surface area (Å²) >= 11 is 0. The summed E-state index contributed by atoms with van der Waals surface area (Å²) in [5, 5.41) is 5.53. The number of fused-ring (bicyclic) bond motifs is 1. The molecule has 1 aliphatic carbocycles. The highest BCUT2D eigenvalue weighted by molar-refractivity contribution is 6.05. The SMILES string of the molecule is CCCCOC(=O)C1=C(C)NC2=C(C(=O)CCC2)[C@H]1c1cccc2ccccc12. The molecule has 0 saturated heterocycles. The van der Waals surface area contributed by atoms with Crippen molar-refractivity contribution in [2.24, 2.45) is 0 Å². The largest absolute Gasteiger partial charge is 0.462 e. The summed E-state index contributed by atoms with van der Waals surface area (Å²) in [7, 11) is 0. The van der Waals surface area contributed by atoms with Gasteiger partial charge in [-0.15, -0.1) is 0 Å². The average molecular weight is 389 g/mol. The number of carbonyl (C=O) groups is 2. The molecule has 1 N–H and O–H groups in total. The zero-order valence-corrected chi connectivity index (χ0v) is 17.1. The number of ketones is 1. The van der Waals surface area contributed by atoms with E-state index in [0.717, 1.165) is 59.0 Å². The first-order valence-electron chi connectivity index (χ1n) is 10.5. The number of benzene rings is 2. The third-order valence-corrected chi connectivity index (χ3v) is 5.86. The maximum Gasteiger partial charge on any atom is 0.336 e. The van der Waals surface area contributed by atoms with Crippen molar-refractivity contribution in [1.82, 2.24) is 5.32 Å². The van der Waals surface area contributed by atoms with Gasteiger partial charge in [0.1, 0.15) is 0 Å². The van der Waals surface area contributed by atoms with Crippen molar-refractivity contribution in [3.8, 4) is 0 Å². The molecule has 0 bridgehead atoms. The van der Waals surface area contributed by atoms with E-state index in [2.05, 4.69) is 30.4 Å². The van der Waals surface area contributed by atoms with Gasteiger partial charge in [-0.2, -0.15) is 0 Å². The number of hydrogen-bond acceptors (Lipinski definition) is 4. The molecule has 0 unspecified atom stereocenters. The average Bonchev–Trinajstić information content (AvgIpc) is 2.72. The highest BCUT2D eigenvalue weighted by Gasteiger charge is 2.39. The van der Waals surface area contributed by atoms with E-state index < -0.39 is 0 Å². The zero-order chi connectivity index (χ0) is 20.4. The van der Waals surface area contributed by atoms with Gasteiger partial charge >= 0.3 is 5.97 Å². The first-order chi connectivity index (χ1) is 14.1. The number of Topliss-reactive ketones (excluding diaryl/α,β-unsaturated/α-hetero) is 1. The lowest BCUT2D eigenvalue weighted by molar-refractivity contribution is -0.139. The van der Waals surface area contributed by atoms with Gasteiger partial charge in [0.25, 0.3) is 0 Å². The Labute approximate surface area is 171 Å². The van der Waals surface area contributed by atoms with E-state index in [1.165, 1.54) is 0 Å². The van der Waals surface area contributed by atoms with E-state index in [4.69, 9.17) is 4.74 Å². The number of allylic oxidation sites excluding steroid dienone is 3. The van der Waals surface area contributed by atoms with Crippen LogP contribution in [-0.2, 0) is 14.3 Å². The van der Waals surface area contributed by atoms with Crippen molar-refractivity contribution < 1.29 is 14.3 Å². The van der Waals surface area contributed by atoms with Gasteiger partial charge in [-0.05, 0) is 42.5 Å². The minimum atomic E-state index is -0.390. The van der Waals surface area contributed by atoms with Crippen molar-refractivity contribution in [1.29, 1.82) is 0 Å². The van der Waals surface area contributed by atoms with Gasteiger partial charge in [0.2, 0.25) is 0 Å². The number of rotatable bonds is 5. The molecule has 0 spiro atoms. The fourth-order valence-corrected chi connectivity index (χ4v) is 4.45. The molecular weight excluding hydrogens is 362 g/mol. The van der Waals surface area contributed by atoms with Crippen LogP contribution in [-0.4, -0.2) is 18.4 Å². The van der Waals surface area contributed by atoms with Crippen LogP contribution in [0.2, 0.25) is 0 Å². The number of ether oxygens (including phenoxy) is 1. The smallest absolute Gasteiger partial charge is 0.336 e. The molecule has 0 amide bonds. The Bertz CT molecular complexity index is 1030. The summed E-state index contributed by atoms with van der Waals surface area (Å²) in [5.74, 6) is -0.589. The molecule has 0 aromatic heterocycles. The van der Waals surface area contributed by atoms with Gasteiger partial charge < -0.3 is 10.1 Å². The fraction of sp³-hybridized carbons (Fsp3) is 0.360. The lowest BCUT2D eigenvalue weighted by atomic mass is 9.74. The topological polar surface area (TPSA) is 55.4 Å². The number of dihydropyridines is 1. The molecular formula is C25H27NO3. The predicted molar refractivity (Wildman–Crippen MR) is 114 cm³/mol. The summed E-state index contributed by atoms with van der Waals surface area (Å²) in [6.45, 7) is 4.38. The molecule has 1 aliphatic heterocycles. The van der Waals surface area contributed by atoms with Crippen LogP contribution in [0.4, 0.5) is 0 Å². The molecule has 150 valence electrons. The Morgan fingerprint density at radius 2 is 1.93 bits per heavy atom. The number of nitrogens with one attached hydrogen (secondary N) is 1. The van der Waals surface area contributed by atoms with E-state index in [1.807, 2.05) is 31.2 Å². The molecule has 2 aliphatic rings. The van der Waals surface area contributed by atoms with Crippen molar-refractivity contribution in [3.63, 3.8) is 0 Å². The van der Waals surface area contributed by atoms with Crippen LogP contribution < -0.4 is 5.32 Å². The van der Waals surface area contributed by atoms with Gasteiger partial charge in [0.05, 0.1) is 12.2 Å². The number of carbonyl (C=O) groups excluding carboxylic acids is 2. The summed E-state index contributed by atoms with van der Waals surface area (Å²) in [6.07, 6.45) is 3.99. The van der Waals surface area contributed by atoms with Crippen molar-refractivity contribution in [3.05, 3.63) is 70.6 Å². The van der Waals surface area contributed by atoms with Gasteiger partial charge in [-0.25, -0.2) is 4.79 Å². The maximum atomic E-state index is 13.1. The van der Waals surface area contributed by atoms with Crippen LogP contribution in [0.1, 0.15) is 57.4 Å². The predicted octanol–water partition coefficient (Wildman–Crippen LogP) is 5.15. The van der Waals surface area contributed by atoms with Crippen LogP contribution in [0.15, 0.2) is 65.0 Å². The monoisotopic (exact) mass is 389 g/mol. The highest BCUT2D eigenvalue weighted by Crippen LogP contribution is 2.44. The number of hydrogen-bond donors (Lipinski definition) is 1. The summed E-state index contributed by atoms with van der Waals surface area (Å²) < 4.78 is 5.60. The molecule has 29 heavy (non-hydrogen) atoms. The molecule has 2 aromatic rings. The maximum absolute atomic E-state index is 13.1. The van der Waals surface area contributed by atoms with E-state index in [0.29, 0.717) is 18.6 Å². The minimum absolute atomic E-state index is 0.128. The number of unbranched alkanes of at least 4 members (excludes halogenated alkanes) is 1. The first kappa shape index (κ1) is 19.4. The Balaban J connectivity index is 1.88. The van der Waals surface area contributed by atoms with Crippen molar-refractivity contribution in [2.45, 2.75) is 51.9 Å². The van der Waals surface area contributed by atoms with Gasteiger partial charge in [-0.1, -0.05) is 55.8 Å². The minimum Gasteiger partial charge on any atom is -0.462 e. The molecule has 0 radical (unpaired) electrons. The molecule has 2 aromatic carbocycles. The van der Waals surface area contributed by atoms with Crippen LogP contribution >= 0.6 is 0 Å². The molecule has 1 atom stereocenters. The molecule has 1 heterocycles. The zero-order valence-electron chi connectivity index (χ0n) is 17.1. The standard InChI is InChI=1S/C25H27NO3/c1-3-4-15-29-25(28)22-16(2)26-20-13-8-14-21(27)24(20)23(22)19-12-7-10-17-9-5-6-11-18(17)19/h5-7,9-12,23,26H,3-4,8,13-15H2,1-2H3/t23-/m0/s1. The third-order valence-electron chi connectivity index (χ3n) is 5.86. The lowest BCUT2D eigenvalue weighted by Crippen LogP contribution is -2.34. The molecule has 4 rings (SSSR count). The quantitative estimate of drug-likeness (QED) is 0.567. The third kappa shape index (κ3) is 3.59. The van der Waals surface area contributed by atoms with Crippen LogP contribution in [0.25, 0.3) is 10.8 Å². The van der Waals surface area contributed by atoms with E-state index in [-0.39, 0.29) is 17.7 Å². The van der Waals surface area contributed by atoms with Crippen molar-refractivity contribution in [2.75, 3.05) is 6.61 Å². The second-order valence-electron chi connectivity index (χ2n) is 7.82. The first-order valence-corrected chi connectivity index (χ1v) is 10.5. The molecule has 4 nitrogen and oxygen atoms in total. The summed E-state index contributed by atoms with van der Waals surface area (Å²) in [6, 6.07) is 14.2. The summed E-state index contributed by atoms with van der Waals surface area (Å²) in [5.41, 5.74) is 4.04. The second kappa shape index (κ2) is 8.24.